The molecule has 4 heteroatoms. The van der Waals surface area contributed by atoms with Crippen molar-refractivity contribution in [3.8, 4) is 0 Å². The third-order valence-electron chi connectivity index (χ3n) is 2.81. The maximum absolute atomic E-state index is 10.9. The van der Waals surface area contributed by atoms with Crippen molar-refractivity contribution < 1.29 is 4.79 Å². The van der Waals surface area contributed by atoms with Crippen LogP contribution in [0.15, 0.2) is 0 Å². The third kappa shape index (κ3) is 5.25. The molecule has 4 nitrogen and oxygen atoms in total. The second-order valence-corrected chi connectivity index (χ2v) is 4.28. The molecule has 0 radical (unpaired) electrons. The highest BCUT2D eigenvalue weighted by Gasteiger charge is 2.16. The summed E-state index contributed by atoms with van der Waals surface area (Å²) in [6.45, 7) is 8.86. The molecule has 0 spiro atoms. The maximum Gasteiger partial charge on any atom is 0.143 e. The lowest BCUT2D eigenvalue weighted by molar-refractivity contribution is -0.118. The van der Waals surface area contributed by atoms with E-state index < -0.39 is 0 Å². The molecule has 1 saturated heterocycles. The Bertz CT molecular complexity index is 188. The van der Waals surface area contributed by atoms with E-state index in [1.165, 1.54) is 13.0 Å². The fourth-order valence-electron chi connectivity index (χ4n) is 1.97. The Balaban J connectivity index is 2.10. The first-order chi connectivity index (χ1) is 7.22. The number of hydrogen-bond donors (Lipinski definition) is 1. The molecule has 1 rings (SSSR count). The third-order valence-corrected chi connectivity index (χ3v) is 2.81. The Morgan fingerprint density at radius 1 is 1.20 bits per heavy atom. The normalized spacial score (nSPS) is 19.3. The zero-order chi connectivity index (χ0) is 11.1. The zero-order valence-corrected chi connectivity index (χ0v) is 9.96. The van der Waals surface area contributed by atoms with E-state index in [9.17, 15) is 4.79 Å². The lowest BCUT2D eigenvalue weighted by Gasteiger charge is -2.34. The monoisotopic (exact) mass is 213 g/mol. The first kappa shape index (κ1) is 12.6. The largest absolute Gasteiger partial charge is 0.320 e. The highest BCUT2D eigenvalue weighted by Crippen LogP contribution is 2.01. The van der Waals surface area contributed by atoms with Gasteiger partial charge in [0.05, 0.1) is 6.54 Å². The fraction of sp³-hybridized carbons (Fsp3) is 0.909. The summed E-state index contributed by atoms with van der Waals surface area (Å²) in [6.07, 6.45) is 1.21. The van der Waals surface area contributed by atoms with Gasteiger partial charge in [0.1, 0.15) is 5.78 Å². The summed E-state index contributed by atoms with van der Waals surface area (Å²) in [4.78, 5) is 15.7. The first-order valence-corrected chi connectivity index (χ1v) is 5.81. The van der Waals surface area contributed by atoms with E-state index in [0.717, 1.165) is 32.7 Å². The second-order valence-electron chi connectivity index (χ2n) is 4.28. The lowest BCUT2D eigenvalue weighted by atomic mass is 10.2. The predicted octanol–water partition coefficient (Wildman–Crippen LogP) is -0.197. The van der Waals surface area contributed by atoms with Crippen molar-refractivity contribution >= 4 is 5.78 Å². The van der Waals surface area contributed by atoms with E-state index in [1.807, 2.05) is 7.05 Å². The number of carbonyl (C=O) groups is 1. The van der Waals surface area contributed by atoms with Gasteiger partial charge in [-0.15, -0.1) is 0 Å². The second kappa shape index (κ2) is 6.93. The van der Waals surface area contributed by atoms with Crippen LogP contribution in [0.3, 0.4) is 0 Å². The molecule has 1 aliphatic rings. The number of Topliss-reactive ketones (excluding diaryl/α,β-unsaturated/α-hetero) is 1. The van der Waals surface area contributed by atoms with Gasteiger partial charge in [-0.05, 0) is 33.5 Å². The molecule has 0 aliphatic carbocycles. The standard InChI is InChI=1S/C11H23N3O/c1-11(15)10-14-8-6-13(7-9-14)5-3-4-12-2/h12H,3-10H2,1-2H3. The Kier molecular flexibility index (Phi) is 5.83. The van der Waals surface area contributed by atoms with Gasteiger partial charge >= 0.3 is 0 Å². The highest BCUT2D eigenvalue weighted by atomic mass is 16.1. The van der Waals surface area contributed by atoms with Crippen LogP contribution in [0.2, 0.25) is 0 Å². The molecule has 0 aromatic heterocycles. The van der Waals surface area contributed by atoms with Gasteiger partial charge in [-0.1, -0.05) is 0 Å². The molecule has 1 aliphatic heterocycles. The van der Waals surface area contributed by atoms with Crippen LogP contribution < -0.4 is 5.32 Å². The van der Waals surface area contributed by atoms with E-state index in [1.54, 1.807) is 6.92 Å². The molecule has 0 bridgehead atoms. The molecule has 0 saturated carbocycles. The average molecular weight is 213 g/mol. The van der Waals surface area contributed by atoms with Crippen molar-refractivity contribution in [2.24, 2.45) is 0 Å². The average Bonchev–Trinajstić information content (AvgIpc) is 2.20. The quantitative estimate of drug-likeness (QED) is 0.620. The Hall–Kier alpha value is -0.450. The van der Waals surface area contributed by atoms with E-state index >= 15 is 0 Å². The smallest absolute Gasteiger partial charge is 0.143 e. The highest BCUT2D eigenvalue weighted by molar-refractivity contribution is 5.77. The summed E-state index contributed by atoms with van der Waals surface area (Å²) >= 11 is 0. The van der Waals surface area contributed by atoms with Crippen LogP contribution in [0.5, 0.6) is 0 Å². The topological polar surface area (TPSA) is 35.6 Å². The SMILES string of the molecule is CNCCCN1CCN(CC(C)=O)CC1. The Morgan fingerprint density at radius 2 is 1.80 bits per heavy atom. The van der Waals surface area contributed by atoms with E-state index in [0.29, 0.717) is 6.54 Å². The maximum atomic E-state index is 10.9. The van der Waals surface area contributed by atoms with Crippen LogP contribution in [-0.4, -0.2) is 68.4 Å². The minimum atomic E-state index is 0.277. The minimum absolute atomic E-state index is 0.277. The number of nitrogens with zero attached hydrogens (tertiary/aromatic N) is 2. The summed E-state index contributed by atoms with van der Waals surface area (Å²) in [5, 5.41) is 3.16. The van der Waals surface area contributed by atoms with Gasteiger partial charge in [0.15, 0.2) is 0 Å². The number of hydrogen-bond acceptors (Lipinski definition) is 4. The molecule has 15 heavy (non-hydrogen) atoms. The van der Waals surface area contributed by atoms with Crippen LogP contribution >= 0.6 is 0 Å². The van der Waals surface area contributed by atoms with Gasteiger partial charge < -0.3 is 10.2 Å². The van der Waals surface area contributed by atoms with Crippen molar-refractivity contribution in [2.45, 2.75) is 13.3 Å². The predicted molar refractivity (Wildman–Crippen MR) is 62.1 cm³/mol. The van der Waals surface area contributed by atoms with Crippen LogP contribution in [0.25, 0.3) is 0 Å². The summed E-state index contributed by atoms with van der Waals surface area (Å²) < 4.78 is 0. The molecule has 0 aromatic carbocycles. The zero-order valence-electron chi connectivity index (χ0n) is 9.96. The van der Waals surface area contributed by atoms with Gasteiger partial charge in [0, 0.05) is 26.2 Å². The van der Waals surface area contributed by atoms with Gasteiger partial charge in [-0.25, -0.2) is 0 Å². The van der Waals surface area contributed by atoms with Gasteiger partial charge in [0.2, 0.25) is 0 Å². The van der Waals surface area contributed by atoms with Crippen molar-refractivity contribution in [1.29, 1.82) is 0 Å². The van der Waals surface area contributed by atoms with Gasteiger partial charge in [-0.2, -0.15) is 0 Å². The summed E-state index contributed by atoms with van der Waals surface area (Å²) in [6, 6.07) is 0. The first-order valence-electron chi connectivity index (χ1n) is 5.81. The number of carbonyl (C=O) groups excluding carboxylic acids is 1. The molecule has 1 heterocycles. The molecule has 1 N–H and O–H groups in total. The molecule has 0 amide bonds. The number of nitrogens with one attached hydrogen (secondary N) is 1. The molecule has 88 valence electrons. The fourth-order valence-corrected chi connectivity index (χ4v) is 1.97. The number of piperazine rings is 1. The van der Waals surface area contributed by atoms with Crippen LogP contribution in [-0.2, 0) is 4.79 Å². The number of rotatable bonds is 6. The molecule has 0 atom stereocenters. The van der Waals surface area contributed by atoms with E-state index in [2.05, 4.69) is 15.1 Å². The van der Waals surface area contributed by atoms with Crippen molar-refractivity contribution in [3.63, 3.8) is 0 Å². The van der Waals surface area contributed by atoms with Crippen molar-refractivity contribution in [2.75, 3.05) is 52.9 Å². The van der Waals surface area contributed by atoms with Crippen LogP contribution in [0.4, 0.5) is 0 Å². The summed E-state index contributed by atoms with van der Waals surface area (Å²) in [5.41, 5.74) is 0. The molecule has 1 fully saturated rings. The summed E-state index contributed by atoms with van der Waals surface area (Å²) in [7, 11) is 1.99. The number of ketones is 1. The molecule has 0 aromatic rings. The van der Waals surface area contributed by atoms with Crippen molar-refractivity contribution in [3.05, 3.63) is 0 Å². The lowest BCUT2D eigenvalue weighted by Crippen LogP contribution is -2.48. The molecule has 0 unspecified atom stereocenters. The Morgan fingerprint density at radius 3 is 2.33 bits per heavy atom. The van der Waals surface area contributed by atoms with Gasteiger partial charge in [0.25, 0.3) is 0 Å². The Labute approximate surface area is 92.6 Å². The van der Waals surface area contributed by atoms with E-state index in [4.69, 9.17) is 0 Å². The minimum Gasteiger partial charge on any atom is -0.320 e. The molecular formula is C11H23N3O. The van der Waals surface area contributed by atoms with Crippen molar-refractivity contribution in [1.82, 2.24) is 15.1 Å². The van der Waals surface area contributed by atoms with Crippen LogP contribution in [0.1, 0.15) is 13.3 Å². The van der Waals surface area contributed by atoms with Crippen LogP contribution in [0, 0.1) is 0 Å². The van der Waals surface area contributed by atoms with E-state index in [-0.39, 0.29) is 5.78 Å². The van der Waals surface area contributed by atoms with Gasteiger partial charge in [-0.3, -0.25) is 9.69 Å². The molecular weight excluding hydrogens is 190 g/mol. The summed E-state index contributed by atoms with van der Waals surface area (Å²) in [5.74, 6) is 0.277.